The minimum absolute atomic E-state index is 0.00683. The number of carbonyl (C=O) groups excluding carboxylic acids is 10. The summed E-state index contributed by atoms with van der Waals surface area (Å²) in [5, 5.41) is 32.2. The number of aliphatic hydroxyl groups excluding tert-OH is 2. The molecule has 90 heavy (non-hydrogen) atoms. The molecule has 1 aromatic rings. The monoisotopic (exact) mass is 1260 g/mol. The fourth-order valence-electron chi connectivity index (χ4n) is 11.0. The number of primary amides is 1. The average Bonchev–Trinajstić information content (AvgIpc) is 1.74. The topological polar surface area (TPSA) is 344 Å². The van der Waals surface area contributed by atoms with Gasteiger partial charge in [-0.25, -0.2) is 14.4 Å². The number of urea groups is 1. The molecular formula is C65H96N8O17. The Morgan fingerprint density at radius 1 is 0.867 bits per heavy atom. The minimum Gasteiger partial charge on any atom is -0.457 e. The number of ether oxygens (including phenoxy) is 5. The van der Waals surface area contributed by atoms with Gasteiger partial charge in [0.15, 0.2) is 6.10 Å². The molecule has 4 aliphatic heterocycles. The summed E-state index contributed by atoms with van der Waals surface area (Å²) in [6.45, 7) is 16.8. The molecule has 0 aromatic heterocycles. The SMILES string of the molecule is CC[C@H](O)[C@@H](C)[C@H]1O[C@@H]1C[C@H](C)/C=C/C=C(\C)[C@H]1OC(=O)C[C@H](O)CC[C@@](C)(OC(C)=O)[C@@H](OC(=O)N2CCN(C(=O)OCc3ccc(NC(=O)[C@H](CCCCNC(N)=O)NC(=O)[C@@H](NC(=O)CCCCCN4C(=O)C=CC4=O)C(C)C)cc3)CC2)/C=C/[C@@H]1C. The molecule has 12 atom stereocenters. The number of epoxide rings is 1. The van der Waals surface area contributed by atoms with Gasteiger partial charge >= 0.3 is 30.2 Å². The number of nitrogens with one attached hydrogen (secondary N) is 4. The van der Waals surface area contributed by atoms with Gasteiger partial charge in [-0.2, -0.15) is 0 Å². The number of imide groups is 1. The lowest BCUT2D eigenvalue weighted by molar-refractivity contribution is -0.168. The third kappa shape index (κ3) is 23.6. The van der Waals surface area contributed by atoms with Gasteiger partial charge in [0, 0.05) is 82.3 Å². The van der Waals surface area contributed by atoms with Crippen molar-refractivity contribution in [3.8, 4) is 0 Å². The molecule has 4 aliphatic rings. The molecule has 2 fully saturated rings. The summed E-state index contributed by atoms with van der Waals surface area (Å²) in [4.78, 5) is 133. The Bertz CT molecular complexity index is 2740. The molecule has 25 heteroatoms. The number of cyclic esters (lactones) is 1. The van der Waals surface area contributed by atoms with Crippen LogP contribution in [0.25, 0.3) is 0 Å². The first kappa shape index (κ1) is 73.1. The number of nitrogens with zero attached hydrogens (tertiary/aromatic N) is 3. The summed E-state index contributed by atoms with van der Waals surface area (Å²) in [6, 6.07) is 3.82. The van der Waals surface area contributed by atoms with E-state index in [0.717, 1.165) is 16.9 Å². The number of anilines is 1. The number of benzene rings is 1. The maximum absolute atomic E-state index is 14.0. The van der Waals surface area contributed by atoms with Crippen LogP contribution >= 0.6 is 0 Å². The van der Waals surface area contributed by atoms with Crippen LogP contribution in [0.15, 0.2) is 72.4 Å². The highest BCUT2D eigenvalue weighted by atomic mass is 16.6. The minimum atomic E-state index is -1.47. The van der Waals surface area contributed by atoms with Gasteiger partial charge < -0.3 is 70.7 Å². The zero-order valence-corrected chi connectivity index (χ0v) is 53.7. The van der Waals surface area contributed by atoms with Crippen LogP contribution in [0.1, 0.15) is 145 Å². The normalized spacial score (nSPS) is 24.3. The predicted octanol–water partition coefficient (Wildman–Crippen LogP) is 6.01. The van der Waals surface area contributed by atoms with Crippen molar-refractivity contribution in [1.29, 1.82) is 0 Å². The van der Waals surface area contributed by atoms with E-state index in [-0.39, 0.29) is 126 Å². The maximum Gasteiger partial charge on any atom is 0.410 e. The lowest BCUT2D eigenvalue weighted by Crippen LogP contribution is -2.54. The number of aliphatic hydroxyl groups is 2. The number of hydrogen-bond acceptors (Lipinski definition) is 17. The maximum atomic E-state index is 14.0. The van der Waals surface area contributed by atoms with Crippen molar-refractivity contribution in [2.45, 2.75) is 200 Å². The van der Waals surface area contributed by atoms with E-state index in [2.05, 4.69) is 28.2 Å². The van der Waals surface area contributed by atoms with E-state index in [4.69, 9.17) is 29.4 Å². The van der Waals surface area contributed by atoms with Crippen molar-refractivity contribution in [2.75, 3.05) is 44.6 Å². The third-order valence-electron chi connectivity index (χ3n) is 16.6. The highest BCUT2D eigenvalue weighted by Gasteiger charge is 2.45. The lowest BCUT2D eigenvalue weighted by atomic mass is 9.88. The van der Waals surface area contributed by atoms with Crippen LogP contribution in [0.3, 0.4) is 0 Å². The van der Waals surface area contributed by atoms with E-state index in [1.165, 1.54) is 28.9 Å². The molecule has 5 rings (SSSR count). The quantitative estimate of drug-likeness (QED) is 0.00918. The standard InChI is InChI=1S/C65H96N8O17/c1-10-50(76)44(7)59-51(87-59)37-41(4)17-16-18-42(5)58-43(6)21-26-52(65(9,90-45(8)74)30-29-48(75)38-56(80)89-58)88-64(85)72-35-33-71(34-36-72)63(84)86-39-46-22-24-47(25-23-46)68-60(81)49(19-13-14-31-67-62(66)83)69-61(82)57(40(2)3)70-53(77)20-12-11-15-32-73-54(78)27-28-55(73)79/h16-18,21-28,40-41,43-44,48-52,57-59,75-76H,10-15,19-20,29-39H2,1-9H3,(H,68,81)(H,69,82)(H,70,77)(H3,66,67,83)/b17-16+,26-21+,42-18+/t41-,43+,44-,48-,49+,50+,51-,52+,57+,58-,59-,65-/m1/s1. The van der Waals surface area contributed by atoms with Crippen molar-refractivity contribution >= 4 is 65.4 Å². The highest BCUT2D eigenvalue weighted by Crippen LogP contribution is 2.37. The van der Waals surface area contributed by atoms with Crippen LogP contribution in [0, 0.1) is 23.7 Å². The molecule has 0 aliphatic carbocycles. The van der Waals surface area contributed by atoms with Gasteiger partial charge in [0.1, 0.15) is 30.4 Å². The smallest absolute Gasteiger partial charge is 0.410 e. The van der Waals surface area contributed by atoms with Gasteiger partial charge in [-0.05, 0) is 113 Å². The molecular weight excluding hydrogens is 1160 g/mol. The fourth-order valence-corrected chi connectivity index (χ4v) is 11.0. The number of allylic oxidation sites excluding steroid dienone is 3. The Morgan fingerprint density at radius 2 is 1.53 bits per heavy atom. The zero-order chi connectivity index (χ0) is 66.2. The largest absolute Gasteiger partial charge is 0.457 e. The second-order valence-corrected chi connectivity index (χ2v) is 24.6. The van der Waals surface area contributed by atoms with Gasteiger partial charge in [-0.3, -0.25) is 38.5 Å². The molecule has 0 unspecified atom stereocenters. The number of piperazine rings is 1. The van der Waals surface area contributed by atoms with Gasteiger partial charge in [0.05, 0.1) is 30.8 Å². The Morgan fingerprint density at radius 3 is 2.17 bits per heavy atom. The summed E-state index contributed by atoms with van der Waals surface area (Å²) in [5.74, 6) is -4.09. The second kappa shape index (κ2) is 35.7. The third-order valence-corrected chi connectivity index (χ3v) is 16.6. The summed E-state index contributed by atoms with van der Waals surface area (Å²) in [6.07, 6.45) is 10.7. The number of nitrogens with two attached hydrogens (primary N) is 1. The highest BCUT2D eigenvalue weighted by molar-refractivity contribution is 6.12. The first-order valence-corrected chi connectivity index (χ1v) is 31.6. The van der Waals surface area contributed by atoms with Crippen LogP contribution < -0.4 is 27.0 Å². The first-order valence-electron chi connectivity index (χ1n) is 31.6. The van der Waals surface area contributed by atoms with Crippen LogP contribution in [0.2, 0.25) is 0 Å². The number of amides is 9. The van der Waals surface area contributed by atoms with Gasteiger partial charge in [0.25, 0.3) is 11.8 Å². The zero-order valence-electron chi connectivity index (χ0n) is 53.7. The van der Waals surface area contributed by atoms with Crippen molar-refractivity contribution in [1.82, 2.24) is 30.7 Å². The molecule has 25 nitrogen and oxygen atoms in total. The predicted molar refractivity (Wildman–Crippen MR) is 332 cm³/mol. The van der Waals surface area contributed by atoms with Crippen molar-refractivity contribution in [3.63, 3.8) is 0 Å². The van der Waals surface area contributed by atoms with Crippen molar-refractivity contribution in [3.05, 3.63) is 77.9 Å². The molecule has 8 N–H and O–H groups in total. The van der Waals surface area contributed by atoms with E-state index in [1.54, 1.807) is 57.2 Å². The van der Waals surface area contributed by atoms with Crippen LogP contribution in [-0.4, -0.2) is 178 Å². The average molecular weight is 1260 g/mol. The Balaban J connectivity index is 1.14. The number of unbranched alkanes of at least 4 members (excludes halogenated alkanes) is 3. The second-order valence-electron chi connectivity index (χ2n) is 24.6. The fraction of sp³-hybridized carbons (Fsp3) is 0.631. The van der Waals surface area contributed by atoms with E-state index in [0.29, 0.717) is 49.8 Å². The lowest BCUT2D eigenvalue weighted by Gasteiger charge is -2.38. The molecule has 498 valence electrons. The molecule has 1 aromatic carbocycles. The molecule has 0 bridgehead atoms. The summed E-state index contributed by atoms with van der Waals surface area (Å²) in [7, 11) is 0. The van der Waals surface area contributed by atoms with Crippen molar-refractivity contribution in [2.24, 2.45) is 29.4 Å². The van der Waals surface area contributed by atoms with Crippen LogP contribution in [0.4, 0.5) is 20.1 Å². The van der Waals surface area contributed by atoms with E-state index in [1.807, 2.05) is 45.9 Å². The molecule has 0 saturated carbocycles. The molecule has 0 spiro atoms. The summed E-state index contributed by atoms with van der Waals surface area (Å²) in [5.41, 5.74) is 5.43. The first-order chi connectivity index (χ1) is 42.7. The Hall–Kier alpha value is -7.64. The molecule has 4 heterocycles. The van der Waals surface area contributed by atoms with Crippen LogP contribution in [-0.2, 0) is 63.9 Å². The van der Waals surface area contributed by atoms with Gasteiger partial charge in [-0.1, -0.05) is 84.4 Å². The Kier molecular flexibility index (Phi) is 29.0. The summed E-state index contributed by atoms with van der Waals surface area (Å²) < 4.78 is 29.5. The van der Waals surface area contributed by atoms with Crippen LogP contribution in [0.5, 0.6) is 0 Å². The summed E-state index contributed by atoms with van der Waals surface area (Å²) >= 11 is 0. The molecule has 0 radical (unpaired) electrons. The van der Waals surface area contributed by atoms with E-state index >= 15 is 0 Å². The molecule has 2 saturated heterocycles. The number of hydrogen-bond donors (Lipinski definition) is 7. The van der Waals surface area contributed by atoms with Gasteiger partial charge in [-0.15, -0.1) is 0 Å². The number of esters is 2. The van der Waals surface area contributed by atoms with E-state index < -0.39 is 90.0 Å². The van der Waals surface area contributed by atoms with E-state index in [9.17, 15) is 58.2 Å². The number of carbonyl (C=O) groups is 10. The van der Waals surface area contributed by atoms with Gasteiger partial charge in [0.2, 0.25) is 17.7 Å². The van der Waals surface area contributed by atoms with Crippen molar-refractivity contribution < 1.29 is 81.8 Å². The molecule has 9 amide bonds. The Labute approximate surface area is 528 Å². The number of rotatable bonds is 29.